The van der Waals surface area contributed by atoms with Gasteiger partial charge in [0.2, 0.25) is 0 Å². The molecule has 1 amide bonds. The monoisotopic (exact) mass is 417 g/mol. The molecule has 0 aliphatic heterocycles. The van der Waals surface area contributed by atoms with Crippen molar-refractivity contribution < 1.29 is 19.1 Å². The third-order valence-electron chi connectivity index (χ3n) is 5.06. The Hall–Kier alpha value is -3.60. The van der Waals surface area contributed by atoms with Gasteiger partial charge in [0, 0.05) is 5.69 Å². The lowest BCUT2D eigenvalue weighted by atomic mass is 9.97. The van der Waals surface area contributed by atoms with Crippen LogP contribution in [0.4, 0.5) is 5.69 Å². The second-order valence-corrected chi connectivity index (χ2v) is 7.38. The molecule has 0 saturated carbocycles. The van der Waals surface area contributed by atoms with Crippen LogP contribution in [0.15, 0.2) is 78.9 Å². The van der Waals surface area contributed by atoms with Crippen LogP contribution in [0.2, 0.25) is 0 Å². The van der Waals surface area contributed by atoms with Crippen LogP contribution in [0.3, 0.4) is 0 Å². The molecular formula is C26H27NO4. The van der Waals surface area contributed by atoms with E-state index in [0.717, 1.165) is 17.7 Å². The number of anilines is 1. The molecule has 1 N–H and O–H groups in total. The van der Waals surface area contributed by atoms with Crippen molar-refractivity contribution in [3.05, 3.63) is 90.0 Å². The van der Waals surface area contributed by atoms with E-state index in [4.69, 9.17) is 9.47 Å². The summed E-state index contributed by atoms with van der Waals surface area (Å²) in [6.45, 7) is 5.77. The van der Waals surface area contributed by atoms with Crippen LogP contribution in [0.5, 0.6) is 11.5 Å². The molecule has 3 aromatic rings. The average molecular weight is 418 g/mol. The second kappa shape index (κ2) is 10.4. The third kappa shape index (κ3) is 5.95. The third-order valence-corrected chi connectivity index (χ3v) is 5.06. The van der Waals surface area contributed by atoms with Crippen molar-refractivity contribution in [3.8, 4) is 11.5 Å². The topological polar surface area (TPSA) is 64.6 Å². The van der Waals surface area contributed by atoms with Gasteiger partial charge in [-0.25, -0.2) is 4.79 Å². The van der Waals surface area contributed by atoms with Crippen LogP contribution in [-0.2, 0) is 9.53 Å². The normalized spacial score (nSPS) is 12.5. The minimum atomic E-state index is -0.948. The number of carbonyl (C=O) groups is 2. The first-order chi connectivity index (χ1) is 15.0. The first-order valence-corrected chi connectivity index (χ1v) is 10.4. The number of nitrogens with one attached hydrogen (secondary N) is 1. The predicted octanol–water partition coefficient (Wildman–Crippen LogP) is 6.18. The van der Waals surface area contributed by atoms with Gasteiger partial charge >= 0.3 is 5.97 Å². The number of ether oxygens (including phenoxy) is 2. The highest BCUT2D eigenvalue weighted by atomic mass is 16.5. The zero-order valence-electron chi connectivity index (χ0n) is 18.0. The number of amides is 1. The van der Waals surface area contributed by atoms with Crippen LogP contribution in [0.1, 0.15) is 49.0 Å². The van der Waals surface area contributed by atoms with Gasteiger partial charge in [0.15, 0.2) is 6.10 Å². The van der Waals surface area contributed by atoms with Crippen molar-refractivity contribution in [2.24, 2.45) is 0 Å². The van der Waals surface area contributed by atoms with E-state index in [2.05, 4.69) is 19.2 Å². The maximum absolute atomic E-state index is 12.6. The Morgan fingerprint density at radius 2 is 1.55 bits per heavy atom. The first-order valence-electron chi connectivity index (χ1n) is 10.4. The van der Waals surface area contributed by atoms with Gasteiger partial charge < -0.3 is 14.8 Å². The Labute approximate surface area is 183 Å². The summed E-state index contributed by atoms with van der Waals surface area (Å²) in [5, 5.41) is 2.89. The molecule has 0 saturated heterocycles. The van der Waals surface area contributed by atoms with Crippen LogP contribution in [-0.4, -0.2) is 18.0 Å². The summed E-state index contributed by atoms with van der Waals surface area (Å²) in [6.07, 6.45) is 0.00918. The number of hydrogen-bond acceptors (Lipinski definition) is 4. The summed E-state index contributed by atoms with van der Waals surface area (Å²) >= 11 is 0. The highest BCUT2D eigenvalue weighted by molar-refractivity contribution is 5.98. The van der Waals surface area contributed by atoms with E-state index in [9.17, 15) is 9.59 Å². The molecule has 0 aliphatic carbocycles. The highest BCUT2D eigenvalue weighted by Crippen LogP contribution is 2.27. The molecular weight excluding hydrogens is 390 g/mol. The summed E-state index contributed by atoms with van der Waals surface area (Å²) in [5.41, 5.74) is 2.11. The Bertz CT molecular complexity index is 1030. The molecule has 5 nitrogen and oxygen atoms in total. The van der Waals surface area contributed by atoms with E-state index in [1.165, 1.54) is 0 Å². The smallest absolute Gasteiger partial charge is 0.339 e. The maximum atomic E-state index is 12.6. The number of rotatable bonds is 8. The van der Waals surface area contributed by atoms with Gasteiger partial charge in [0.05, 0.1) is 5.56 Å². The van der Waals surface area contributed by atoms with Crippen LogP contribution in [0, 0.1) is 0 Å². The fraction of sp³-hybridized carbons (Fsp3) is 0.231. The summed E-state index contributed by atoms with van der Waals surface area (Å²) in [4.78, 5) is 25.2. The van der Waals surface area contributed by atoms with Crippen molar-refractivity contribution in [1.82, 2.24) is 0 Å². The molecule has 3 rings (SSSR count). The molecule has 2 atom stereocenters. The first kappa shape index (κ1) is 22.1. The lowest BCUT2D eigenvalue weighted by molar-refractivity contribution is -0.123. The molecule has 0 unspecified atom stereocenters. The van der Waals surface area contributed by atoms with E-state index in [-0.39, 0.29) is 5.91 Å². The molecule has 5 heteroatoms. The zero-order valence-corrected chi connectivity index (χ0v) is 18.0. The molecule has 0 bridgehead atoms. The quantitative estimate of drug-likeness (QED) is 0.445. The Morgan fingerprint density at radius 1 is 0.871 bits per heavy atom. The van der Waals surface area contributed by atoms with Crippen molar-refractivity contribution in [2.75, 3.05) is 5.32 Å². The van der Waals surface area contributed by atoms with Crippen molar-refractivity contribution >= 4 is 17.6 Å². The van der Waals surface area contributed by atoms with Crippen molar-refractivity contribution in [2.45, 2.75) is 39.2 Å². The molecule has 160 valence electrons. The van der Waals surface area contributed by atoms with Crippen LogP contribution < -0.4 is 10.1 Å². The number of hydrogen-bond donors (Lipinski definition) is 1. The number of benzene rings is 3. The number of carbonyl (C=O) groups excluding carboxylic acids is 2. The van der Waals surface area contributed by atoms with Gasteiger partial charge in [0.25, 0.3) is 5.91 Å². The lowest BCUT2D eigenvalue weighted by Gasteiger charge is -2.18. The van der Waals surface area contributed by atoms with Gasteiger partial charge in [0.1, 0.15) is 11.5 Å². The van der Waals surface area contributed by atoms with Crippen LogP contribution >= 0.6 is 0 Å². The molecule has 0 radical (unpaired) electrons. The lowest BCUT2D eigenvalue weighted by Crippen LogP contribution is -2.30. The van der Waals surface area contributed by atoms with E-state index < -0.39 is 12.1 Å². The van der Waals surface area contributed by atoms with Gasteiger partial charge in [-0.3, -0.25) is 4.79 Å². The largest absolute Gasteiger partial charge is 0.457 e. The molecule has 0 aliphatic rings. The minimum absolute atomic E-state index is 0.307. The molecule has 0 spiro atoms. The zero-order chi connectivity index (χ0) is 22.2. The van der Waals surface area contributed by atoms with E-state index in [1.54, 1.807) is 31.2 Å². The molecule has 0 heterocycles. The Kier molecular flexibility index (Phi) is 7.44. The minimum Gasteiger partial charge on any atom is -0.457 e. The molecule has 0 fully saturated rings. The summed E-state index contributed by atoms with van der Waals surface area (Å²) in [5.74, 6) is 0.528. The fourth-order valence-electron chi connectivity index (χ4n) is 3.09. The van der Waals surface area contributed by atoms with Gasteiger partial charge in [-0.15, -0.1) is 0 Å². The van der Waals surface area contributed by atoms with Crippen LogP contribution in [0.25, 0.3) is 0 Å². The number of para-hydroxylation sites is 2. The number of esters is 1. The second-order valence-electron chi connectivity index (χ2n) is 7.38. The van der Waals surface area contributed by atoms with Gasteiger partial charge in [-0.1, -0.05) is 56.3 Å². The van der Waals surface area contributed by atoms with Crippen molar-refractivity contribution in [1.29, 1.82) is 0 Å². The molecule has 31 heavy (non-hydrogen) atoms. The SMILES string of the molecule is CC[C@@H](C)c1ccccc1NC(=O)[C@H](C)OC(=O)c1cccc(Oc2ccccc2)c1. The Morgan fingerprint density at radius 3 is 2.29 bits per heavy atom. The predicted molar refractivity (Wildman–Crippen MR) is 122 cm³/mol. The highest BCUT2D eigenvalue weighted by Gasteiger charge is 2.21. The molecule has 0 aromatic heterocycles. The van der Waals surface area contributed by atoms with Crippen molar-refractivity contribution in [3.63, 3.8) is 0 Å². The average Bonchev–Trinajstić information content (AvgIpc) is 2.79. The summed E-state index contributed by atoms with van der Waals surface area (Å²) < 4.78 is 11.2. The summed E-state index contributed by atoms with van der Waals surface area (Å²) in [7, 11) is 0. The van der Waals surface area contributed by atoms with Gasteiger partial charge in [-0.05, 0) is 61.2 Å². The van der Waals surface area contributed by atoms with E-state index in [1.807, 2.05) is 54.6 Å². The summed E-state index contributed by atoms with van der Waals surface area (Å²) in [6, 6.07) is 23.7. The maximum Gasteiger partial charge on any atom is 0.339 e. The van der Waals surface area contributed by atoms with Gasteiger partial charge in [-0.2, -0.15) is 0 Å². The molecule has 3 aromatic carbocycles. The fourth-order valence-corrected chi connectivity index (χ4v) is 3.09. The standard InChI is InChI=1S/C26H27NO4/c1-4-18(2)23-15-8-9-16-24(23)27-25(28)19(3)30-26(29)20-11-10-14-22(17-20)31-21-12-6-5-7-13-21/h5-19H,4H2,1-3H3,(H,27,28)/t18-,19+/m1/s1. The van der Waals surface area contributed by atoms with E-state index in [0.29, 0.717) is 23.0 Å². The van der Waals surface area contributed by atoms with E-state index >= 15 is 0 Å². The Balaban J connectivity index is 1.64.